The van der Waals surface area contributed by atoms with Gasteiger partial charge >= 0.3 is 18.0 Å². The van der Waals surface area contributed by atoms with Gasteiger partial charge in [0.15, 0.2) is 0 Å². The molecule has 37 heavy (non-hydrogen) atoms. The minimum atomic E-state index is -0.606. The van der Waals surface area contributed by atoms with Crippen molar-refractivity contribution in [2.75, 3.05) is 19.5 Å². The molecule has 194 valence electrons. The fourth-order valence-corrected chi connectivity index (χ4v) is 6.89. The number of thiophene rings is 1. The predicted octanol–water partition coefficient (Wildman–Crippen LogP) is 5.74. The average molecular weight is 522 g/mol. The van der Waals surface area contributed by atoms with Crippen LogP contribution in [0.1, 0.15) is 75.1 Å². The number of carbonyl (C=O) groups excluding carboxylic acids is 3. The van der Waals surface area contributed by atoms with Crippen LogP contribution in [-0.4, -0.2) is 41.7 Å². The van der Waals surface area contributed by atoms with Crippen molar-refractivity contribution >= 4 is 35.0 Å². The molecule has 9 heteroatoms. The van der Waals surface area contributed by atoms with E-state index in [1.807, 2.05) is 22.3 Å². The van der Waals surface area contributed by atoms with Gasteiger partial charge in [0.1, 0.15) is 5.00 Å². The first-order chi connectivity index (χ1) is 17.8. The maximum Gasteiger partial charge on any atom is 0.339 e. The molecule has 1 aromatic carbocycles. The zero-order valence-corrected chi connectivity index (χ0v) is 22.3. The Morgan fingerprint density at radius 3 is 2.51 bits per heavy atom. The summed E-state index contributed by atoms with van der Waals surface area (Å²) in [6.07, 6.45) is 6.52. The largest absolute Gasteiger partial charge is 0.465 e. The molecule has 8 nitrogen and oxygen atoms in total. The number of amides is 2. The van der Waals surface area contributed by atoms with E-state index in [-0.39, 0.29) is 34.8 Å². The first-order valence-corrected chi connectivity index (χ1v) is 13.3. The number of hydrogen-bond acceptors (Lipinski definition) is 6. The molecule has 0 saturated carbocycles. The third-order valence-corrected chi connectivity index (χ3v) is 8.54. The molecule has 1 N–H and O–H groups in total. The van der Waals surface area contributed by atoms with Crippen LogP contribution in [0.5, 0.6) is 0 Å². The molecule has 5 rings (SSSR count). The van der Waals surface area contributed by atoms with E-state index in [1.54, 1.807) is 0 Å². The summed E-state index contributed by atoms with van der Waals surface area (Å²) < 4.78 is 12.0. The fraction of sp³-hybridized carbons (Fsp3) is 0.393. The molecule has 0 saturated heterocycles. The van der Waals surface area contributed by atoms with Gasteiger partial charge in [-0.2, -0.15) is 0 Å². The molecule has 0 fully saturated rings. The molecule has 1 unspecified atom stereocenters. The highest BCUT2D eigenvalue weighted by Crippen LogP contribution is 2.44. The number of aromatic nitrogens is 1. The van der Waals surface area contributed by atoms with Gasteiger partial charge in [-0.3, -0.25) is 0 Å². The topological polar surface area (TPSA) is 89.9 Å². The van der Waals surface area contributed by atoms with Crippen LogP contribution in [0.2, 0.25) is 0 Å². The Labute approximate surface area is 220 Å². The zero-order valence-electron chi connectivity index (χ0n) is 21.5. The van der Waals surface area contributed by atoms with E-state index in [2.05, 4.69) is 36.0 Å². The lowest BCUT2D eigenvalue weighted by atomic mass is 9.94. The summed E-state index contributed by atoms with van der Waals surface area (Å²) in [4.78, 5) is 42.0. The van der Waals surface area contributed by atoms with Crippen LogP contribution in [0.15, 0.2) is 36.5 Å². The molecule has 1 aliphatic heterocycles. The number of anilines is 1. The van der Waals surface area contributed by atoms with Crippen molar-refractivity contribution in [3.05, 3.63) is 69.4 Å². The van der Waals surface area contributed by atoms with E-state index >= 15 is 0 Å². The van der Waals surface area contributed by atoms with E-state index in [9.17, 15) is 14.4 Å². The molecule has 3 heterocycles. The SMILES string of the molecule is COC(=O)c1ccc(C(=O)OC)c(NC(=O)N2Cc3c(sc4c3CCCC4)-n3cccc3C2C(C)C)c1. The Kier molecular flexibility index (Phi) is 6.81. The summed E-state index contributed by atoms with van der Waals surface area (Å²) in [7, 11) is 2.56. The van der Waals surface area contributed by atoms with E-state index < -0.39 is 11.9 Å². The maximum atomic E-state index is 14.0. The second-order valence-electron chi connectivity index (χ2n) is 9.79. The summed E-state index contributed by atoms with van der Waals surface area (Å²) in [6.45, 7) is 4.67. The highest BCUT2D eigenvalue weighted by atomic mass is 32.1. The highest BCUT2D eigenvalue weighted by molar-refractivity contribution is 7.15. The zero-order chi connectivity index (χ0) is 26.3. The molecule has 2 aromatic heterocycles. The summed E-state index contributed by atoms with van der Waals surface area (Å²) >= 11 is 1.84. The Balaban J connectivity index is 1.58. The van der Waals surface area contributed by atoms with Gasteiger partial charge in [0, 0.05) is 22.3 Å². The minimum Gasteiger partial charge on any atom is -0.465 e. The minimum absolute atomic E-state index is 0.130. The van der Waals surface area contributed by atoms with E-state index in [4.69, 9.17) is 9.47 Å². The number of aryl methyl sites for hydroxylation is 1. The van der Waals surface area contributed by atoms with Crippen LogP contribution in [0.25, 0.3) is 5.00 Å². The van der Waals surface area contributed by atoms with E-state index in [1.165, 1.54) is 59.8 Å². The van der Waals surface area contributed by atoms with Crippen molar-refractivity contribution in [1.82, 2.24) is 9.47 Å². The lowest BCUT2D eigenvalue weighted by Gasteiger charge is -2.33. The monoisotopic (exact) mass is 521 g/mol. The van der Waals surface area contributed by atoms with Gasteiger partial charge < -0.3 is 24.3 Å². The van der Waals surface area contributed by atoms with Crippen LogP contribution in [-0.2, 0) is 28.9 Å². The van der Waals surface area contributed by atoms with Crippen molar-refractivity contribution < 1.29 is 23.9 Å². The Hall–Kier alpha value is -3.59. The van der Waals surface area contributed by atoms with E-state index in [0.717, 1.165) is 25.0 Å². The fourth-order valence-electron chi connectivity index (χ4n) is 5.49. The highest BCUT2D eigenvalue weighted by Gasteiger charge is 2.37. The molecular weight excluding hydrogens is 490 g/mol. The van der Waals surface area contributed by atoms with Gasteiger partial charge in [0.2, 0.25) is 0 Å². The van der Waals surface area contributed by atoms with Crippen molar-refractivity contribution in [1.29, 1.82) is 0 Å². The number of esters is 2. The molecule has 3 aromatic rings. The number of urea groups is 1. The number of carbonyl (C=O) groups is 3. The Bertz CT molecular complexity index is 1370. The van der Waals surface area contributed by atoms with Crippen LogP contribution in [0.4, 0.5) is 10.5 Å². The smallest absolute Gasteiger partial charge is 0.339 e. The van der Waals surface area contributed by atoms with Crippen molar-refractivity contribution in [2.24, 2.45) is 5.92 Å². The lowest BCUT2D eigenvalue weighted by Crippen LogP contribution is -2.40. The summed E-state index contributed by atoms with van der Waals surface area (Å²) in [6, 6.07) is 7.97. The quantitative estimate of drug-likeness (QED) is 0.443. The Morgan fingerprint density at radius 2 is 1.78 bits per heavy atom. The maximum absolute atomic E-state index is 14.0. The number of fused-ring (bicyclic) bond motifs is 5. The Morgan fingerprint density at radius 1 is 1.03 bits per heavy atom. The van der Waals surface area contributed by atoms with Crippen molar-refractivity contribution in [3.63, 3.8) is 0 Å². The van der Waals surface area contributed by atoms with Crippen LogP contribution in [0, 0.1) is 5.92 Å². The van der Waals surface area contributed by atoms with Gasteiger partial charge in [-0.15, -0.1) is 11.3 Å². The van der Waals surface area contributed by atoms with Gasteiger partial charge in [-0.25, -0.2) is 14.4 Å². The number of benzene rings is 1. The number of hydrogen-bond donors (Lipinski definition) is 1. The average Bonchev–Trinajstić information content (AvgIpc) is 3.49. The summed E-state index contributed by atoms with van der Waals surface area (Å²) in [5.74, 6) is -1.04. The summed E-state index contributed by atoms with van der Waals surface area (Å²) in [5, 5.41) is 4.12. The number of nitrogens with zero attached hydrogens (tertiary/aromatic N) is 2. The molecule has 0 radical (unpaired) electrons. The third kappa shape index (κ3) is 4.41. The molecule has 1 atom stereocenters. The second-order valence-corrected chi connectivity index (χ2v) is 10.9. The molecule has 1 aliphatic carbocycles. The van der Waals surface area contributed by atoms with Crippen molar-refractivity contribution in [3.8, 4) is 5.00 Å². The predicted molar refractivity (Wildman–Crippen MR) is 142 cm³/mol. The molecular formula is C28H31N3O5S. The number of nitrogens with one attached hydrogen (secondary N) is 1. The summed E-state index contributed by atoms with van der Waals surface area (Å²) in [5.41, 5.74) is 4.22. The van der Waals surface area contributed by atoms with Gasteiger partial charge in [0.25, 0.3) is 0 Å². The number of rotatable bonds is 4. The first-order valence-electron chi connectivity index (χ1n) is 12.5. The number of ether oxygens (including phenoxy) is 2. The van der Waals surface area contributed by atoms with Crippen LogP contribution < -0.4 is 5.32 Å². The van der Waals surface area contributed by atoms with Crippen LogP contribution in [0.3, 0.4) is 0 Å². The number of methoxy groups -OCH3 is 2. The molecule has 0 bridgehead atoms. The van der Waals surface area contributed by atoms with Crippen LogP contribution >= 0.6 is 11.3 Å². The lowest BCUT2D eigenvalue weighted by molar-refractivity contribution is 0.0587. The van der Waals surface area contributed by atoms with Gasteiger partial charge in [-0.05, 0) is 67.5 Å². The molecule has 2 aliphatic rings. The van der Waals surface area contributed by atoms with E-state index in [0.29, 0.717) is 6.54 Å². The second kappa shape index (κ2) is 10.0. The van der Waals surface area contributed by atoms with Gasteiger partial charge in [0.05, 0.1) is 43.6 Å². The standard InChI is InChI=1S/C28H31N3O5S/c1-16(2)24-22-9-7-13-30(22)25-20(18-8-5-6-10-23(18)37-25)15-31(24)28(34)29-21-14-17(26(32)35-3)11-12-19(21)27(33)36-4/h7,9,11-14,16,24H,5-6,8,10,15H2,1-4H3,(H,29,34). The third-order valence-electron chi connectivity index (χ3n) is 7.21. The normalized spacial score (nSPS) is 16.4. The first kappa shape index (κ1) is 25.1. The van der Waals surface area contributed by atoms with Gasteiger partial charge in [-0.1, -0.05) is 13.8 Å². The van der Waals surface area contributed by atoms with Crippen molar-refractivity contribution in [2.45, 2.75) is 52.1 Å². The molecule has 2 amide bonds. The molecule has 0 spiro atoms.